The Morgan fingerprint density at radius 2 is 0.646 bits per heavy atom. The number of hydrogen-bond acceptors (Lipinski definition) is 18. The molecule has 99 heavy (non-hydrogen) atoms. The molecule has 1 amide bonds. The predicted molar refractivity (Wildman–Crippen MR) is 393 cm³/mol. The SMILES string of the molecule is CCCCCCCCCCCCCCCCCCCCCCC/C=C/CC/C=C/CC/C=C/C(O)C(COC1OC(CO)C(OC2OC(CO)C(OC3OC(CO)C(O)C(O)C3O)C(O)C2O)C(O)C1O)NC(=O)CCCCCCCCCCCCCCCCCCCCCCCCC. The highest BCUT2D eigenvalue weighted by Crippen LogP contribution is 2.33. The van der Waals surface area contributed by atoms with Crippen LogP contribution in [0.25, 0.3) is 0 Å². The van der Waals surface area contributed by atoms with Gasteiger partial charge in [-0.1, -0.05) is 320 Å². The van der Waals surface area contributed by atoms with Gasteiger partial charge in [0.05, 0.1) is 38.6 Å². The van der Waals surface area contributed by atoms with E-state index in [9.17, 15) is 61.0 Å². The highest BCUT2D eigenvalue weighted by atomic mass is 16.8. The number of nitrogens with one attached hydrogen (secondary N) is 1. The highest BCUT2D eigenvalue weighted by Gasteiger charge is 2.54. The first-order valence-corrected chi connectivity index (χ1v) is 40.7. The first-order valence-electron chi connectivity index (χ1n) is 40.7. The Bertz CT molecular complexity index is 1930. The molecule has 17 atom stereocenters. The minimum absolute atomic E-state index is 0.236. The number of carbonyl (C=O) groups excluding carboxylic acids is 1. The molecule has 3 fully saturated rings. The highest BCUT2D eigenvalue weighted by molar-refractivity contribution is 5.76. The van der Waals surface area contributed by atoms with E-state index in [4.69, 9.17) is 28.4 Å². The molecule has 19 heteroatoms. The van der Waals surface area contributed by atoms with E-state index >= 15 is 0 Å². The lowest BCUT2D eigenvalue weighted by molar-refractivity contribution is -0.379. The van der Waals surface area contributed by atoms with Crippen molar-refractivity contribution in [3.8, 4) is 0 Å². The van der Waals surface area contributed by atoms with Gasteiger partial charge in [0.2, 0.25) is 5.91 Å². The average Bonchev–Trinajstić information content (AvgIpc) is 0.784. The fourth-order valence-corrected chi connectivity index (χ4v) is 13.9. The van der Waals surface area contributed by atoms with Gasteiger partial charge in [0.25, 0.3) is 0 Å². The van der Waals surface area contributed by atoms with Crippen LogP contribution in [0.1, 0.15) is 335 Å². The third kappa shape index (κ3) is 41.5. The van der Waals surface area contributed by atoms with Gasteiger partial charge in [0.1, 0.15) is 73.2 Å². The van der Waals surface area contributed by atoms with Crippen LogP contribution < -0.4 is 5.32 Å². The fraction of sp³-hybridized carbons (Fsp3) is 0.912. The Labute approximate surface area is 600 Å². The van der Waals surface area contributed by atoms with Gasteiger partial charge in [-0.3, -0.25) is 4.79 Å². The maximum absolute atomic E-state index is 13.5. The first kappa shape index (κ1) is 91.2. The second-order valence-electron chi connectivity index (χ2n) is 29.2. The van der Waals surface area contributed by atoms with Gasteiger partial charge in [-0.15, -0.1) is 0 Å². The van der Waals surface area contributed by atoms with E-state index in [1.807, 2.05) is 6.08 Å². The van der Waals surface area contributed by atoms with Crippen molar-refractivity contribution in [1.82, 2.24) is 5.32 Å². The lowest BCUT2D eigenvalue weighted by Crippen LogP contribution is -2.66. The second kappa shape index (κ2) is 61.2. The Kier molecular flexibility index (Phi) is 56.4. The summed E-state index contributed by atoms with van der Waals surface area (Å²) in [6.07, 6.45) is 48.6. The van der Waals surface area contributed by atoms with E-state index in [1.165, 1.54) is 257 Å². The normalized spacial score (nSPS) is 26.7. The van der Waals surface area contributed by atoms with E-state index in [-0.39, 0.29) is 18.9 Å². The van der Waals surface area contributed by atoms with Crippen molar-refractivity contribution in [2.24, 2.45) is 0 Å². The van der Waals surface area contributed by atoms with Crippen LogP contribution in [-0.2, 0) is 33.2 Å². The Balaban J connectivity index is 1.39. The molecule has 0 saturated carbocycles. The average molecular weight is 1410 g/mol. The summed E-state index contributed by atoms with van der Waals surface area (Å²) in [5.41, 5.74) is 0. The largest absolute Gasteiger partial charge is 0.394 e. The minimum atomic E-state index is -1.98. The zero-order chi connectivity index (χ0) is 71.8. The number of amides is 1. The van der Waals surface area contributed by atoms with Gasteiger partial charge in [0.15, 0.2) is 18.9 Å². The monoisotopic (exact) mass is 1410 g/mol. The summed E-state index contributed by atoms with van der Waals surface area (Å²) >= 11 is 0. The van der Waals surface area contributed by atoms with Crippen molar-refractivity contribution < 1.29 is 89.4 Å². The number of hydrogen-bond donors (Lipinski definition) is 12. The van der Waals surface area contributed by atoms with Crippen LogP contribution >= 0.6 is 0 Å². The summed E-state index contributed by atoms with van der Waals surface area (Å²) in [5.74, 6) is -0.283. The lowest BCUT2D eigenvalue weighted by Gasteiger charge is -2.48. The van der Waals surface area contributed by atoms with Crippen LogP contribution in [0, 0.1) is 0 Å². The lowest BCUT2D eigenvalue weighted by atomic mass is 9.96. The van der Waals surface area contributed by atoms with Crippen LogP contribution in [0.4, 0.5) is 0 Å². The third-order valence-electron chi connectivity index (χ3n) is 20.4. The van der Waals surface area contributed by atoms with E-state index in [2.05, 4.69) is 43.5 Å². The number of carbonyl (C=O) groups is 1. The summed E-state index contributed by atoms with van der Waals surface area (Å²) < 4.78 is 34.4. The molecule has 0 aromatic rings. The quantitative estimate of drug-likeness (QED) is 0.0199. The van der Waals surface area contributed by atoms with Crippen LogP contribution in [0.5, 0.6) is 0 Å². The molecule has 17 unspecified atom stereocenters. The minimum Gasteiger partial charge on any atom is -0.394 e. The standard InChI is InChI=1S/C80H149NO18/c1-3-5-7-9-11-13-15-17-19-21-23-25-27-28-29-30-31-32-33-34-36-37-39-41-43-45-47-49-51-53-55-57-64(85)63(81-68(86)58-56-54-52-50-48-46-44-42-40-38-35-26-24-22-20-18-16-14-12-10-8-6-4-2)62-94-78-74(92)71(89)76(66(60-83)96-78)99-80-75(93)72(90)77(67(61-84)97-80)98-79-73(91)70(88)69(87)65(59-82)95-79/h39,41,47,49,55,57,63-67,69-80,82-85,87-93H,3-38,40,42-46,48,50-54,56,58-62H2,1-2H3,(H,81,86)/b41-39+,49-47+,57-55+. The summed E-state index contributed by atoms with van der Waals surface area (Å²) in [6, 6.07) is -0.996. The molecule has 3 aliphatic rings. The predicted octanol–water partition coefficient (Wildman–Crippen LogP) is 13.5. The molecular formula is C80H149NO18. The number of unbranched alkanes of at least 4 members (excludes halogenated alkanes) is 45. The summed E-state index contributed by atoms with van der Waals surface area (Å²) in [5, 5.41) is 121. The number of allylic oxidation sites excluding steroid dienone is 5. The van der Waals surface area contributed by atoms with Crippen LogP contribution in [-0.4, -0.2) is 193 Å². The summed E-state index contributed by atoms with van der Waals surface area (Å²) in [4.78, 5) is 13.5. The van der Waals surface area contributed by atoms with Crippen molar-refractivity contribution in [3.05, 3.63) is 36.5 Å². The van der Waals surface area contributed by atoms with E-state index < -0.39 is 124 Å². The van der Waals surface area contributed by atoms with Gasteiger partial charge >= 0.3 is 0 Å². The second-order valence-corrected chi connectivity index (χ2v) is 29.2. The zero-order valence-corrected chi connectivity index (χ0v) is 62.2. The molecular weight excluding hydrogens is 1260 g/mol. The first-order chi connectivity index (χ1) is 48.3. The molecule has 582 valence electrons. The molecule has 0 aromatic carbocycles. The third-order valence-corrected chi connectivity index (χ3v) is 20.4. The van der Waals surface area contributed by atoms with Crippen molar-refractivity contribution in [3.63, 3.8) is 0 Å². The smallest absolute Gasteiger partial charge is 0.220 e. The molecule has 0 aromatic heterocycles. The van der Waals surface area contributed by atoms with E-state index in [1.54, 1.807) is 6.08 Å². The number of aliphatic hydroxyl groups excluding tert-OH is 11. The molecule has 3 aliphatic heterocycles. The van der Waals surface area contributed by atoms with Crippen LogP contribution in [0.3, 0.4) is 0 Å². The van der Waals surface area contributed by atoms with Crippen molar-refractivity contribution in [1.29, 1.82) is 0 Å². The molecule has 19 nitrogen and oxygen atoms in total. The van der Waals surface area contributed by atoms with Gasteiger partial charge in [0, 0.05) is 6.42 Å². The van der Waals surface area contributed by atoms with E-state index in [0.29, 0.717) is 12.8 Å². The number of ether oxygens (including phenoxy) is 6. The fourth-order valence-electron chi connectivity index (χ4n) is 13.9. The maximum atomic E-state index is 13.5. The van der Waals surface area contributed by atoms with Crippen molar-refractivity contribution in [2.75, 3.05) is 26.4 Å². The molecule has 0 radical (unpaired) electrons. The molecule has 0 bridgehead atoms. The number of aliphatic hydroxyl groups is 11. The van der Waals surface area contributed by atoms with Crippen molar-refractivity contribution >= 4 is 5.91 Å². The van der Waals surface area contributed by atoms with E-state index in [0.717, 1.165) is 44.9 Å². The number of rotatable bonds is 65. The Morgan fingerprint density at radius 3 is 1.01 bits per heavy atom. The van der Waals surface area contributed by atoms with Crippen molar-refractivity contribution in [2.45, 2.75) is 439 Å². The zero-order valence-electron chi connectivity index (χ0n) is 62.2. The Morgan fingerprint density at radius 1 is 0.354 bits per heavy atom. The molecule has 0 spiro atoms. The van der Waals surface area contributed by atoms with Gasteiger partial charge in [-0.05, 0) is 44.9 Å². The molecule has 3 saturated heterocycles. The summed E-state index contributed by atoms with van der Waals surface area (Å²) in [6.45, 7) is 1.77. The maximum Gasteiger partial charge on any atom is 0.220 e. The molecule has 0 aliphatic carbocycles. The molecule has 3 rings (SSSR count). The topological polar surface area (TPSA) is 307 Å². The van der Waals surface area contributed by atoms with Crippen LogP contribution in [0.2, 0.25) is 0 Å². The summed E-state index contributed by atoms with van der Waals surface area (Å²) in [7, 11) is 0. The Hall–Kier alpha value is -1.99. The van der Waals surface area contributed by atoms with Gasteiger partial charge < -0.3 is 89.9 Å². The van der Waals surface area contributed by atoms with Crippen LogP contribution in [0.15, 0.2) is 36.5 Å². The molecule has 12 N–H and O–H groups in total. The van der Waals surface area contributed by atoms with Gasteiger partial charge in [-0.2, -0.15) is 0 Å². The van der Waals surface area contributed by atoms with Gasteiger partial charge in [-0.25, -0.2) is 0 Å². The molecule has 3 heterocycles.